The van der Waals surface area contributed by atoms with E-state index in [1.165, 1.54) is 11.1 Å². The Bertz CT molecular complexity index is 637. The van der Waals surface area contributed by atoms with E-state index in [0.29, 0.717) is 22.7 Å². The fraction of sp³-hybridized carbons (Fsp3) is 0.500. The molecule has 106 valence electrons. The monoisotopic (exact) mass is 274 g/mol. The van der Waals surface area contributed by atoms with Gasteiger partial charge >= 0.3 is 6.03 Å². The summed E-state index contributed by atoms with van der Waals surface area (Å²) >= 11 is 0. The number of hydrogen-bond acceptors (Lipinski definition) is 4. The Morgan fingerprint density at radius 1 is 1.45 bits per heavy atom. The number of piperidine rings is 1. The maximum atomic E-state index is 12.5. The number of carbonyl (C=O) groups excluding carboxylic acids is 1. The lowest BCUT2D eigenvalue weighted by atomic mass is 10.0. The Balaban J connectivity index is 1.91. The minimum atomic E-state index is -0.0933. The molecule has 3 rings (SSSR count). The van der Waals surface area contributed by atoms with Crippen LogP contribution in [0.2, 0.25) is 0 Å². The Morgan fingerprint density at radius 2 is 2.30 bits per heavy atom. The van der Waals surface area contributed by atoms with Crippen molar-refractivity contribution in [1.82, 2.24) is 19.9 Å². The van der Waals surface area contributed by atoms with Gasteiger partial charge < -0.3 is 9.64 Å². The number of methoxy groups -OCH3 is 1. The fourth-order valence-electron chi connectivity index (χ4n) is 2.67. The summed E-state index contributed by atoms with van der Waals surface area (Å²) in [5, 5.41) is 8.04. The van der Waals surface area contributed by atoms with Crippen LogP contribution in [0, 0.1) is 5.92 Å². The summed E-state index contributed by atoms with van der Waals surface area (Å²) in [5.41, 5.74) is 1.39. The third-order valence-electron chi connectivity index (χ3n) is 3.76. The van der Waals surface area contributed by atoms with Crippen LogP contribution < -0.4 is 4.74 Å². The van der Waals surface area contributed by atoms with Gasteiger partial charge in [-0.25, -0.2) is 4.79 Å². The third kappa shape index (κ3) is 2.21. The molecular formula is C14H18N4O2. The highest BCUT2D eigenvalue weighted by Crippen LogP contribution is 2.21. The van der Waals surface area contributed by atoms with E-state index in [1.54, 1.807) is 13.2 Å². The molecule has 1 aliphatic heterocycles. The number of fused-ring (bicyclic) bond motifs is 1. The number of nitrogens with zero attached hydrogens (tertiary/aromatic N) is 4. The molecule has 6 nitrogen and oxygen atoms in total. The molecule has 2 heterocycles. The first-order valence-electron chi connectivity index (χ1n) is 6.88. The molecule has 1 fully saturated rings. The third-order valence-corrected chi connectivity index (χ3v) is 3.76. The van der Waals surface area contributed by atoms with Crippen LogP contribution in [0.15, 0.2) is 18.2 Å². The Hall–Kier alpha value is -2.11. The van der Waals surface area contributed by atoms with Crippen LogP contribution in [-0.2, 0) is 0 Å². The molecule has 1 saturated heterocycles. The maximum Gasteiger partial charge on any atom is 0.346 e. The standard InChI is InChI=1S/C14H18N4O2/c1-10-4-3-7-17(9-10)14(19)18-13-6-5-11(20-2)8-12(13)15-16-18/h5-6,8,10H,3-4,7,9H2,1-2H3. The van der Waals surface area contributed by atoms with Crippen LogP contribution in [-0.4, -0.2) is 46.1 Å². The van der Waals surface area contributed by atoms with Crippen molar-refractivity contribution >= 4 is 17.1 Å². The average molecular weight is 274 g/mol. The van der Waals surface area contributed by atoms with Gasteiger partial charge in [-0.15, -0.1) is 5.10 Å². The first-order chi connectivity index (χ1) is 9.69. The van der Waals surface area contributed by atoms with Crippen molar-refractivity contribution in [3.8, 4) is 5.75 Å². The second kappa shape index (κ2) is 5.11. The Morgan fingerprint density at radius 3 is 3.05 bits per heavy atom. The van der Waals surface area contributed by atoms with Crippen molar-refractivity contribution in [2.75, 3.05) is 20.2 Å². The van der Waals surface area contributed by atoms with Gasteiger partial charge in [0.05, 0.1) is 12.6 Å². The number of ether oxygens (including phenoxy) is 1. The van der Waals surface area contributed by atoms with E-state index in [0.717, 1.165) is 19.5 Å². The average Bonchev–Trinajstić information content (AvgIpc) is 2.89. The molecule has 20 heavy (non-hydrogen) atoms. The van der Waals surface area contributed by atoms with Gasteiger partial charge in [0, 0.05) is 19.2 Å². The molecule has 1 atom stereocenters. The van der Waals surface area contributed by atoms with Crippen molar-refractivity contribution in [2.24, 2.45) is 5.92 Å². The largest absolute Gasteiger partial charge is 0.497 e. The van der Waals surface area contributed by atoms with E-state index in [1.807, 2.05) is 17.0 Å². The van der Waals surface area contributed by atoms with E-state index in [2.05, 4.69) is 17.2 Å². The molecule has 6 heteroatoms. The summed E-state index contributed by atoms with van der Waals surface area (Å²) in [7, 11) is 1.60. The van der Waals surface area contributed by atoms with Crippen molar-refractivity contribution in [3.05, 3.63) is 18.2 Å². The Labute approximate surface area is 117 Å². The number of benzene rings is 1. The summed E-state index contributed by atoms with van der Waals surface area (Å²) in [6, 6.07) is 5.32. The lowest BCUT2D eigenvalue weighted by Gasteiger charge is -2.30. The van der Waals surface area contributed by atoms with Crippen molar-refractivity contribution < 1.29 is 9.53 Å². The quantitative estimate of drug-likeness (QED) is 0.799. The van der Waals surface area contributed by atoms with Crippen molar-refractivity contribution in [3.63, 3.8) is 0 Å². The van der Waals surface area contributed by atoms with Gasteiger partial charge in [0.25, 0.3) is 0 Å². The van der Waals surface area contributed by atoms with Crippen LogP contribution in [0.25, 0.3) is 11.0 Å². The summed E-state index contributed by atoms with van der Waals surface area (Å²) in [4.78, 5) is 14.4. The van der Waals surface area contributed by atoms with Crippen LogP contribution in [0.1, 0.15) is 19.8 Å². The predicted molar refractivity (Wildman–Crippen MR) is 74.8 cm³/mol. The van der Waals surface area contributed by atoms with Crippen molar-refractivity contribution in [1.29, 1.82) is 0 Å². The fourth-order valence-corrected chi connectivity index (χ4v) is 2.67. The molecule has 0 N–H and O–H groups in total. The zero-order valence-corrected chi connectivity index (χ0v) is 11.7. The first-order valence-corrected chi connectivity index (χ1v) is 6.88. The lowest BCUT2D eigenvalue weighted by Crippen LogP contribution is -2.41. The molecule has 1 amide bonds. The van der Waals surface area contributed by atoms with Crippen LogP contribution in [0.4, 0.5) is 4.79 Å². The molecule has 2 aromatic rings. The van der Waals surface area contributed by atoms with Gasteiger partial charge in [-0.05, 0) is 30.9 Å². The van der Waals surface area contributed by atoms with Gasteiger partial charge in [0.2, 0.25) is 0 Å². The van der Waals surface area contributed by atoms with Gasteiger partial charge in [-0.2, -0.15) is 4.68 Å². The van der Waals surface area contributed by atoms with Crippen LogP contribution in [0.5, 0.6) is 5.75 Å². The first kappa shape index (κ1) is 12.9. The minimum Gasteiger partial charge on any atom is -0.497 e. The molecule has 0 radical (unpaired) electrons. The zero-order valence-electron chi connectivity index (χ0n) is 11.7. The molecule has 1 unspecified atom stereocenters. The predicted octanol–water partition coefficient (Wildman–Crippen LogP) is 2.14. The van der Waals surface area contributed by atoms with Gasteiger partial charge in [0.15, 0.2) is 0 Å². The normalized spacial score (nSPS) is 19.3. The van der Waals surface area contributed by atoms with E-state index < -0.39 is 0 Å². The SMILES string of the molecule is COc1ccc2c(c1)nnn2C(=O)N1CCCC(C)C1. The number of hydrogen-bond donors (Lipinski definition) is 0. The smallest absolute Gasteiger partial charge is 0.346 e. The van der Waals surface area contributed by atoms with Crippen molar-refractivity contribution in [2.45, 2.75) is 19.8 Å². The van der Waals surface area contributed by atoms with E-state index in [4.69, 9.17) is 4.74 Å². The molecule has 0 spiro atoms. The summed E-state index contributed by atoms with van der Waals surface area (Å²) < 4.78 is 6.53. The summed E-state index contributed by atoms with van der Waals surface area (Å²) in [6.07, 6.45) is 2.23. The highest BCUT2D eigenvalue weighted by atomic mass is 16.5. The Kier molecular flexibility index (Phi) is 3.30. The molecular weight excluding hydrogens is 256 g/mol. The van der Waals surface area contributed by atoms with E-state index in [9.17, 15) is 4.79 Å². The van der Waals surface area contributed by atoms with Gasteiger partial charge in [-0.3, -0.25) is 0 Å². The van der Waals surface area contributed by atoms with Gasteiger partial charge in [-0.1, -0.05) is 12.1 Å². The molecule has 1 aromatic carbocycles. The zero-order chi connectivity index (χ0) is 14.1. The number of aromatic nitrogens is 3. The second-order valence-electron chi connectivity index (χ2n) is 5.33. The second-order valence-corrected chi connectivity index (χ2v) is 5.33. The summed E-state index contributed by atoms with van der Waals surface area (Å²) in [6.45, 7) is 3.75. The number of carbonyl (C=O) groups is 1. The highest BCUT2D eigenvalue weighted by Gasteiger charge is 2.24. The van der Waals surface area contributed by atoms with E-state index >= 15 is 0 Å². The number of rotatable bonds is 1. The van der Waals surface area contributed by atoms with Crippen LogP contribution >= 0.6 is 0 Å². The minimum absolute atomic E-state index is 0.0933. The van der Waals surface area contributed by atoms with Crippen LogP contribution in [0.3, 0.4) is 0 Å². The maximum absolute atomic E-state index is 12.5. The molecule has 1 aliphatic rings. The van der Waals surface area contributed by atoms with Gasteiger partial charge in [0.1, 0.15) is 11.3 Å². The molecule has 0 aliphatic carbocycles. The number of likely N-dealkylation sites (tertiary alicyclic amines) is 1. The molecule has 0 bridgehead atoms. The number of amides is 1. The van der Waals surface area contributed by atoms with E-state index in [-0.39, 0.29) is 6.03 Å². The summed E-state index contributed by atoms with van der Waals surface area (Å²) in [5.74, 6) is 1.26. The highest BCUT2D eigenvalue weighted by molar-refractivity contribution is 5.88. The lowest BCUT2D eigenvalue weighted by molar-refractivity contribution is 0.169. The molecule has 1 aromatic heterocycles. The molecule has 0 saturated carbocycles. The topological polar surface area (TPSA) is 60.3 Å².